The van der Waals surface area contributed by atoms with Crippen LogP contribution in [-0.2, 0) is 0 Å². The first kappa shape index (κ1) is 9.06. The summed E-state index contributed by atoms with van der Waals surface area (Å²) in [6.45, 7) is 4.76. The Kier molecular flexibility index (Phi) is 2.10. The van der Waals surface area contributed by atoms with Gasteiger partial charge in [-0.2, -0.15) is 5.26 Å². The van der Waals surface area contributed by atoms with Crippen molar-refractivity contribution >= 4 is 0 Å². The minimum Gasteiger partial charge on any atom is -0.198 e. The van der Waals surface area contributed by atoms with Crippen molar-refractivity contribution in [1.82, 2.24) is 0 Å². The van der Waals surface area contributed by atoms with E-state index in [2.05, 4.69) is 19.9 Å². The number of rotatable bonds is 0. The van der Waals surface area contributed by atoms with E-state index in [9.17, 15) is 0 Å². The van der Waals surface area contributed by atoms with Gasteiger partial charge >= 0.3 is 0 Å². The van der Waals surface area contributed by atoms with Crippen LogP contribution in [0.4, 0.5) is 0 Å². The number of nitriles is 1. The van der Waals surface area contributed by atoms with Gasteiger partial charge in [-0.15, -0.1) is 0 Å². The van der Waals surface area contributed by atoms with E-state index < -0.39 is 0 Å². The molecular formula is C12H19N. The lowest BCUT2D eigenvalue weighted by Crippen LogP contribution is -2.26. The van der Waals surface area contributed by atoms with E-state index in [0.29, 0.717) is 11.3 Å². The lowest BCUT2D eigenvalue weighted by Gasteiger charge is -2.37. The van der Waals surface area contributed by atoms with Crippen LogP contribution in [0.25, 0.3) is 0 Å². The van der Waals surface area contributed by atoms with Crippen LogP contribution in [0.2, 0.25) is 0 Å². The molecule has 3 atom stereocenters. The second-order valence-electron chi connectivity index (χ2n) is 5.72. The second kappa shape index (κ2) is 3.01. The van der Waals surface area contributed by atoms with Crippen molar-refractivity contribution in [3.63, 3.8) is 0 Å². The van der Waals surface area contributed by atoms with Gasteiger partial charge in [-0.05, 0) is 49.4 Å². The van der Waals surface area contributed by atoms with E-state index in [1.54, 1.807) is 0 Å². The summed E-state index contributed by atoms with van der Waals surface area (Å²) in [4.78, 5) is 0. The van der Waals surface area contributed by atoms with E-state index >= 15 is 0 Å². The van der Waals surface area contributed by atoms with Crippen molar-refractivity contribution in [2.45, 2.75) is 46.0 Å². The molecule has 0 saturated heterocycles. The maximum atomic E-state index is 8.89. The van der Waals surface area contributed by atoms with Crippen LogP contribution in [0, 0.1) is 34.5 Å². The molecule has 13 heavy (non-hydrogen) atoms. The summed E-state index contributed by atoms with van der Waals surface area (Å²) in [7, 11) is 0. The van der Waals surface area contributed by atoms with Crippen molar-refractivity contribution in [2.75, 3.05) is 0 Å². The molecule has 2 aliphatic carbocycles. The molecule has 2 saturated carbocycles. The Bertz CT molecular complexity index is 236. The molecule has 0 N–H and O–H groups in total. The molecule has 0 aliphatic heterocycles. The highest BCUT2D eigenvalue weighted by Crippen LogP contribution is 2.50. The number of hydrogen-bond acceptors (Lipinski definition) is 1. The van der Waals surface area contributed by atoms with Gasteiger partial charge in [0, 0.05) is 5.92 Å². The largest absolute Gasteiger partial charge is 0.198 e. The Morgan fingerprint density at radius 2 is 1.92 bits per heavy atom. The monoisotopic (exact) mass is 177 g/mol. The van der Waals surface area contributed by atoms with Crippen LogP contribution in [-0.4, -0.2) is 0 Å². The van der Waals surface area contributed by atoms with Gasteiger partial charge in [0.25, 0.3) is 0 Å². The molecule has 2 aliphatic rings. The summed E-state index contributed by atoms with van der Waals surface area (Å²) in [6, 6.07) is 2.45. The van der Waals surface area contributed by atoms with Crippen LogP contribution in [0.15, 0.2) is 0 Å². The lowest BCUT2D eigenvalue weighted by atomic mass is 9.68. The van der Waals surface area contributed by atoms with Gasteiger partial charge in [0.2, 0.25) is 0 Å². The predicted molar refractivity (Wildman–Crippen MR) is 52.9 cm³/mol. The Balaban J connectivity index is 2.03. The molecule has 1 nitrogen and oxygen atoms in total. The molecule has 0 radical (unpaired) electrons. The number of hydrogen-bond donors (Lipinski definition) is 0. The normalized spacial score (nSPS) is 42.4. The first-order valence-electron chi connectivity index (χ1n) is 5.50. The summed E-state index contributed by atoms with van der Waals surface area (Å²) in [5.41, 5.74) is 0.547. The summed E-state index contributed by atoms with van der Waals surface area (Å²) < 4.78 is 0. The van der Waals surface area contributed by atoms with Crippen LogP contribution in [0.3, 0.4) is 0 Å². The molecule has 72 valence electrons. The standard InChI is InChI=1S/C12H19N/c1-12(2)4-3-10-5-9(8-13)6-11(10)7-12/h9-11H,3-7H2,1-2H3. The summed E-state index contributed by atoms with van der Waals surface area (Å²) >= 11 is 0. The fourth-order valence-corrected chi connectivity index (χ4v) is 3.31. The molecule has 2 fully saturated rings. The zero-order chi connectivity index (χ0) is 9.47. The van der Waals surface area contributed by atoms with Gasteiger partial charge in [-0.3, -0.25) is 0 Å². The zero-order valence-electron chi connectivity index (χ0n) is 8.71. The molecule has 0 aromatic heterocycles. The predicted octanol–water partition coefficient (Wildman–Crippen LogP) is 3.36. The van der Waals surface area contributed by atoms with Gasteiger partial charge < -0.3 is 0 Å². The Labute approximate surface area is 81.1 Å². The first-order chi connectivity index (χ1) is 6.11. The quantitative estimate of drug-likeness (QED) is 0.556. The van der Waals surface area contributed by atoms with Crippen LogP contribution >= 0.6 is 0 Å². The molecule has 0 amide bonds. The Morgan fingerprint density at radius 1 is 1.23 bits per heavy atom. The highest BCUT2D eigenvalue weighted by atomic mass is 14.5. The van der Waals surface area contributed by atoms with Crippen molar-refractivity contribution in [2.24, 2.45) is 23.2 Å². The third-order valence-corrected chi connectivity index (χ3v) is 4.03. The van der Waals surface area contributed by atoms with E-state index in [1.165, 1.54) is 32.1 Å². The molecule has 0 aromatic carbocycles. The van der Waals surface area contributed by atoms with Gasteiger partial charge in [0.1, 0.15) is 0 Å². The van der Waals surface area contributed by atoms with Crippen molar-refractivity contribution in [3.8, 4) is 6.07 Å². The molecule has 0 heterocycles. The minimum atomic E-state index is 0.379. The lowest BCUT2D eigenvalue weighted by molar-refractivity contribution is 0.139. The van der Waals surface area contributed by atoms with Crippen LogP contribution in [0.1, 0.15) is 46.0 Å². The fourth-order valence-electron chi connectivity index (χ4n) is 3.31. The average molecular weight is 177 g/mol. The summed E-state index contributed by atoms with van der Waals surface area (Å²) in [5.74, 6) is 2.13. The number of fused-ring (bicyclic) bond motifs is 1. The minimum absolute atomic E-state index is 0.379. The van der Waals surface area contributed by atoms with Crippen LogP contribution in [0.5, 0.6) is 0 Å². The molecular weight excluding hydrogens is 158 g/mol. The topological polar surface area (TPSA) is 23.8 Å². The number of nitrogens with zero attached hydrogens (tertiary/aromatic N) is 1. The van der Waals surface area contributed by atoms with E-state index in [0.717, 1.165) is 11.8 Å². The van der Waals surface area contributed by atoms with Gasteiger partial charge in [-0.25, -0.2) is 0 Å². The molecule has 0 bridgehead atoms. The Morgan fingerprint density at radius 3 is 2.62 bits per heavy atom. The molecule has 2 rings (SSSR count). The van der Waals surface area contributed by atoms with Crippen molar-refractivity contribution < 1.29 is 0 Å². The zero-order valence-corrected chi connectivity index (χ0v) is 8.71. The fraction of sp³-hybridized carbons (Fsp3) is 0.917. The second-order valence-corrected chi connectivity index (χ2v) is 5.72. The van der Waals surface area contributed by atoms with Gasteiger partial charge in [0.05, 0.1) is 6.07 Å². The van der Waals surface area contributed by atoms with Crippen LogP contribution < -0.4 is 0 Å². The third-order valence-electron chi connectivity index (χ3n) is 4.03. The highest BCUT2D eigenvalue weighted by Gasteiger charge is 2.41. The molecule has 0 spiro atoms. The first-order valence-corrected chi connectivity index (χ1v) is 5.50. The van der Waals surface area contributed by atoms with Gasteiger partial charge in [-0.1, -0.05) is 13.8 Å². The van der Waals surface area contributed by atoms with E-state index in [1.807, 2.05) is 0 Å². The molecule has 1 heteroatoms. The van der Waals surface area contributed by atoms with Gasteiger partial charge in [0.15, 0.2) is 0 Å². The average Bonchev–Trinajstić information content (AvgIpc) is 2.44. The summed E-state index contributed by atoms with van der Waals surface area (Å²) in [6.07, 6.45) is 6.47. The third kappa shape index (κ3) is 1.73. The molecule has 3 unspecified atom stereocenters. The Hall–Kier alpha value is -0.510. The molecule has 0 aromatic rings. The summed E-state index contributed by atoms with van der Waals surface area (Å²) in [5, 5.41) is 8.89. The van der Waals surface area contributed by atoms with E-state index in [-0.39, 0.29) is 0 Å². The smallest absolute Gasteiger partial charge is 0.0655 e. The maximum absolute atomic E-state index is 8.89. The van der Waals surface area contributed by atoms with Crippen molar-refractivity contribution in [3.05, 3.63) is 0 Å². The van der Waals surface area contributed by atoms with Crippen molar-refractivity contribution in [1.29, 1.82) is 5.26 Å². The van der Waals surface area contributed by atoms with E-state index in [4.69, 9.17) is 5.26 Å². The SMILES string of the molecule is CC1(C)CCC2CC(C#N)CC2C1. The maximum Gasteiger partial charge on any atom is 0.0655 e. The highest BCUT2D eigenvalue weighted by molar-refractivity contribution is 4.98.